The summed E-state index contributed by atoms with van der Waals surface area (Å²) in [5, 5.41) is 9.26. The zero-order valence-corrected chi connectivity index (χ0v) is 15.4. The summed E-state index contributed by atoms with van der Waals surface area (Å²) < 4.78 is 5.31. The zero-order chi connectivity index (χ0) is 18.6. The van der Waals surface area contributed by atoms with Crippen LogP contribution in [0.4, 0.5) is 5.69 Å². The Morgan fingerprint density at radius 3 is 2.31 bits per heavy atom. The molecule has 0 atom stereocenters. The summed E-state index contributed by atoms with van der Waals surface area (Å²) in [7, 11) is 0. The van der Waals surface area contributed by atoms with Crippen molar-refractivity contribution in [3.63, 3.8) is 0 Å². The number of nitrogens with zero attached hydrogens (tertiary/aromatic N) is 1. The van der Waals surface area contributed by atoms with Crippen LogP contribution in [0.2, 0.25) is 0 Å². The van der Waals surface area contributed by atoms with E-state index in [1.165, 1.54) is 25.7 Å². The van der Waals surface area contributed by atoms with Gasteiger partial charge >= 0.3 is 5.97 Å². The Labute approximate surface area is 155 Å². The van der Waals surface area contributed by atoms with E-state index in [0.29, 0.717) is 12.2 Å². The maximum absolute atomic E-state index is 12.0. The molecule has 0 fully saturated rings. The lowest BCUT2D eigenvalue weighted by atomic mass is 10.1. The Bertz CT molecular complexity index is 690. The van der Waals surface area contributed by atoms with Gasteiger partial charge in [0.2, 0.25) is 0 Å². The number of esters is 1. The van der Waals surface area contributed by atoms with Crippen molar-refractivity contribution in [3.8, 4) is 5.75 Å². The Hall–Kier alpha value is -2.62. The number of unbranched alkanes of at least 4 members (excludes halogenated alkanes) is 5. The van der Waals surface area contributed by atoms with Crippen LogP contribution in [0.1, 0.15) is 61.4 Å². The van der Waals surface area contributed by atoms with Gasteiger partial charge in [0.15, 0.2) is 0 Å². The second-order valence-corrected chi connectivity index (χ2v) is 6.30. The lowest BCUT2D eigenvalue weighted by Gasteiger charge is -2.05. The number of benzene rings is 2. The van der Waals surface area contributed by atoms with Gasteiger partial charge < -0.3 is 9.84 Å². The van der Waals surface area contributed by atoms with Crippen LogP contribution in [0.25, 0.3) is 0 Å². The Balaban J connectivity index is 1.75. The number of carbonyl (C=O) groups excluding carboxylic acids is 1. The van der Waals surface area contributed by atoms with Gasteiger partial charge in [0, 0.05) is 6.21 Å². The van der Waals surface area contributed by atoms with Gasteiger partial charge in [-0.1, -0.05) is 39.0 Å². The SMILES string of the molecule is CCCCCCCCOC(=O)c1ccc(N=Cc2ccc(O)cc2)cc1. The fourth-order valence-corrected chi connectivity index (χ4v) is 2.52. The first kappa shape index (κ1) is 19.7. The second-order valence-electron chi connectivity index (χ2n) is 6.30. The normalized spacial score (nSPS) is 11.0. The van der Waals surface area contributed by atoms with Crippen molar-refractivity contribution in [2.24, 2.45) is 4.99 Å². The van der Waals surface area contributed by atoms with E-state index in [1.807, 2.05) is 0 Å². The molecule has 0 saturated carbocycles. The first-order valence-corrected chi connectivity index (χ1v) is 9.29. The molecule has 0 radical (unpaired) electrons. The number of phenolic OH excluding ortho intramolecular Hbond substituents is 1. The molecule has 26 heavy (non-hydrogen) atoms. The summed E-state index contributed by atoms with van der Waals surface area (Å²) in [5.41, 5.74) is 2.19. The summed E-state index contributed by atoms with van der Waals surface area (Å²) in [6.07, 6.45) is 8.73. The molecule has 4 heteroatoms. The Morgan fingerprint density at radius 1 is 0.962 bits per heavy atom. The third-order valence-corrected chi connectivity index (χ3v) is 4.09. The molecule has 0 saturated heterocycles. The third kappa shape index (κ3) is 7.09. The van der Waals surface area contributed by atoms with Crippen molar-refractivity contribution in [3.05, 3.63) is 59.7 Å². The van der Waals surface area contributed by atoms with Crippen molar-refractivity contribution in [2.45, 2.75) is 45.4 Å². The number of hydrogen-bond acceptors (Lipinski definition) is 4. The lowest BCUT2D eigenvalue weighted by molar-refractivity contribution is 0.0497. The number of phenols is 1. The number of ether oxygens (including phenoxy) is 1. The molecule has 0 aromatic heterocycles. The Morgan fingerprint density at radius 2 is 1.62 bits per heavy atom. The van der Waals surface area contributed by atoms with Crippen molar-refractivity contribution in [1.29, 1.82) is 0 Å². The summed E-state index contributed by atoms with van der Waals surface area (Å²) in [4.78, 5) is 16.4. The quantitative estimate of drug-likeness (QED) is 0.340. The van der Waals surface area contributed by atoms with Gasteiger partial charge in [-0.3, -0.25) is 4.99 Å². The summed E-state index contributed by atoms with van der Waals surface area (Å²) in [6, 6.07) is 13.8. The van der Waals surface area contributed by atoms with Crippen molar-refractivity contribution in [2.75, 3.05) is 6.61 Å². The number of aromatic hydroxyl groups is 1. The number of aliphatic imine (C=N–C) groups is 1. The first-order chi connectivity index (χ1) is 12.7. The van der Waals surface area contributed by atoms with Crippen LogP contribution in [0, 0.1) is 0 Å². The molecule has 0 aliphatic heterocycles. The minimum Gasteiger partial charge on any atom is -0.508 e. The van der Waals surface area contributed by atoms with Gasteiger partial charge in [0.1, 0.15) is 5.75 Å². The molecular formula is C22H27NO3. The Kier molecular flexibility index (Phi) is 8.40. The highest BCUT2D eigenvalue weighted by molar-refractivity contribution is 5.90. The number of carbonyl (C=O) groups is 1. The third-order valence-electron chi connectivity index (χ3n) is 4.09. The van der Waals surface area contributed by atoms with E-state index in [1.54, 1.807) is 54.7 Å². The smallest absolute Gasteiger partial charge is 0.338 e. The van der Waals surface area contributed by atoms with E-state index < -0.39 is 0 Å². The van der Waals surface area contributed by atoms with E-state index in [-0.39, 0.29) is 11.7 Å². The van der Waals surface area contributed by atoms with Gasteiger partial charge in [0.05, 0.1) is 17.9 Å². The van der Waals surface area contributed by atoms with Crippen molar-refractivity contribution in [1.82, 2.24) is 0 Å². The maximum atomic E-state index is 12.0. The van der Waals surface area contributed by atoms with E-state index >= 15 is 0 Å². The summed E-state index contributed by atoms with van der Waals surface area (Å²) in [5.74, 6) is -0.0569. The molecular weight excluding hydrogens is 326 g/mol. The minimum absolute atomic E-state index is 0.228. The molecule has 2 rings (SSSR count). The molecule has 0 aliphatic carbocycles. The van der Waals surface area contributed by atoms with Gasteiger partial charge in [-0.15, -0.1) is 0 Å². The highest BCUT2D eigenvalue weighted by atomic mass is 16.5. The second kappa shape index (κ2) is 11.1. The van der Waals surface area contributed by atoms with Crippen molar-refractivity contribution < 1.29 is 14.6 Å². The lowest BCUT2D eigenvalue weighted by Crippen LogP contribution is -2.06. The molecule has 0 unspecified atom stereocenters. The van der Waals surface area contributed by atoms with E-state index in [2.05, 4.69) is 11.9 Å². The molecule has 0 aliphatic rings. The first-order valence-electron chi connectivity index (χ1n) is 9.29. The molecule has 138 valence electrons. The van der Waals surface area contributed by atoms with Crippen LogP contribution in [0.5, 0.6) is 5.75 Å². The van der Waals surface area contributed by atoms with E-state index in [0.717, 1.165) is 24.1 Å². The van der Waals surface area contributed by atoms with Gasteiger partial charge in [-0.05, 0) is 60.5 Å². The number of hydrogen-bond donors (Lipinski definition) is 1. The topological polar surface area (TPSA) is 58.9 Å². The van der Waals surface area contributed by atoms with Crippen LogP contribution >= 0.6 is 0 Å². The molecule has 1 N–H and O–H groups in total. The average molecular weight is 353 g/mol. The number of rotatable bonds is 10. The van der Waals surface area contributed by atoms with Crippen molar-refractivity contribution >= 4 is 17.9 Å². The van der Waals surface area contributed by atoms with E-state index in [9.17, 15) is 9.90 Å². The fourth-order valence-electron chi connectivity index (χ4n) is 2.52. The molecule has 0 spiro atoms. The van der Waals surface area contributed by atoms with Crippen LogP contribution in [0.15, 0.2) is 53.5 Å². The van der Waals surface area contributed by atoms with Crippen LogP contribution in [-0.4, -0.2) is 23.9 Å². The average Bonchev–Trinajstić information content (AvgIpc) is 2.67. The molecule has 0 amide bonds. The highest BCUT2D eigenvalue weighted by Gasteiger charge is 2.06. The standard InChI is InChI=1S/C22H27NO3/c1-2-3-4-5-6-7-16-26-22(25)19-10-12-20(13-11-19)23-17-18-8-14-21(24)15-9-18/h8-15,17,24H,2-7,16H2,1H3. The van der Waals surface area contributed by atoms with Gasteiger partial charge in [-0.25, -0.2) is 4.79 Å². The predicted molar refractivity (Wildman–Crippen MR) is 105 cm³/mol. The van der Waals surface area contributed by atoms with Gasteiger partial charge in [-0.2, -0.15) is 0 Å². The summed E-state index contributed by atoms with van der Waals surface area (Å²) in [6.45, 7) is 2.68. The molecule has 0 heterocycles. The van der Waals surface area contributed by atoms with E-state index in [4.69, 9.17) is 4.74 Å². The molecule has 4 nitrogen and oxygen atoms in total. The summed E-state index contributed by atoms with van der Waals surface area (Å²) >= 11 is 0. The van der Waals surface area contributed by atoms with Crippen LogP contribution in [0.3, 0.4) is 0 Å². The molecule has 2 aromatic rings. The minimum atomic E-state index is -0.285. The zero-order valence-electron chi connectivity index (χ0n) is 15.4. The maximum Gasteiger partial charge on any atom is 0.338 e. The molecule has 0 bridgehead atoms. The predicted octanol–water partition coefficient (Wildman–Crippen LogP) is 5.66. The molecule has 2 aromatic carbocycles. The van der Waals surface area contributed by atoms with Gasteiger partial charge in [0.25, 0.3) is 0 Å². The van der Waals surface area contributed by atoms with Crippen LogP contribution in [-0.2, 0) is 4.74 Å². The monoisotopic (exact) mass is 353 g/mol. The van der Waals surface area contributed by atoms with Crippen LogP contribution < -0.4 is 0 Å². The fraction of sp³-hybridized carbons (Fsp3) is 0.364. The largest absolute Gasteiger partial charge is 0.508 e. The highest BCUT2D eigenvalue weighted by Crippen LogP contribution is 2.15.